The number of nitrogens with one attached hydrogen (secondary N) is 1. The van der Waals surface area contributed by atoms with Crippen LogP contribution in [-0.4, -0.2) is 33.0 Å². The fraction of sp³-hybridized carbons (Fsp3) is 0.148. The average Bonchev–Trinajstić information content (AvgIpc) is 3.43. The molecule has 0 amide bonds. The Morgan fingerprint density at radius 3 is 2.83 bits per heavy atom. The molecule has 0 spiro atoms. The molecule has 1 aliphatic heterocycles. The number of halogens is 1. The molecule has 7 nitrogen and oxygen atoms in total. The number of rotatable bonds is 4. The lowest BCUT2D eigenvalue weighted by Crippen LogP contribution is -2.15. The molecule has 2 aliphatic rings. The lowest BCUT2D eigenvalue weighted by atomic mass is 9.92. The molecule has 6 rings (SSSR count). The maximum absolute atomic E-state index is 15.1. The van der Waals surface area contributed by atoms with Crippen LogP contribution in [0, 0.1) is 5.82 Å². The van der Waals surface area contributed by atoms with E-state index in [2.05, 4.69) is 4.98 Å². The number of aromatic amines is 1. The van der Waals surface area contributed by atoms with Crippen LogP contribution < -0.4 is 10.3 Å². The number of aromatic carboxylic acids is 1. The molecule has 1 aliphatic carbocycles. The molecule has 3 heterocycles. The highest BCUT2D eigenvalue weighted by molar-refractivity contribution is 6.28. The molecular formula is C27H19FN2O5. The van der Waals surface area contributed by atoms with Crippen molar-refractivity contribution in [3.05, 3.63) is 93.2 Å². The first-order chi connectivity index (χ1) is 16.9. The van der Waals surface area contributed by atoms with E-state index in [9.17, 15) is 19.5 Å². The number of ketones is 1. The van der Waals surface area contributed by atoms with Gasteiger partial charge in [-0.1, -0.05) is 36.4 Å². The second-order valence-electron chi connectivity index (χ2n) is 8.61. The molecule has 0 radical (unpaired) electrons. The van der Waals surface area contributed by atoms with Gasteiger partial charge in [-0.25, -0.2) is 9.18 Å². The first kappa shape index (κ1) is 21.1. The van der Waals surface area contributed by atoms with Gasteiger partial charge in [0.15, 0.2) is 5.78 Å². The Kier molecular flexibility index (Phi) is 4.70. The number of para-hydroxylation sites is 1. The van der Waals surface area contributed by atoms with Crippen molar-refractivity contribution >= 4 is 39.1 Å². The van der Waals surface area contributed by atoms with Gasteiger partial charge in [0.1, 0.15) is 17.3 Å². The minimum atomic E-state index is -1.26. The topological polar surface area (TPSA) is 101 Å². The summed E-state index contributed by atoms with van der Waals surface area (Å²) in [5.41, 5.74) is 1.82. The molecule has 0 saturated heterocycles. The SMILES string of the molecule is O=C1CC=CC=C1c1c(C(=O)O)n(Cc2cc(=O)[nH]c3ccccc23)c2cc(F)c3c(c12)OCC3. The molecule has 2 aromatic heterocycles. The largest absolute Gasteiger partial charge is 0.492 e. The number of H-pyrrole nitrogens is 1. The number of hydrogen-bond donors (Lipinski definition) is 2. The maximum Gasteiger partial charge on any atom is 0.353 e. The lowest BCUT2D eigenvalue weighted by Gasteiger charge is -2.13. The fourth-order valence-corrected chi connectivity index (χ4v) is 5.12. The van der Waals surface area contributed by atoms with Gasteiger partial charge < -0.3 is 19.4 Å². The predicted molar refractivity (Wildman–Crippen MR) is 128 cm³/mol. The Labute approximate surface area is 197 Å². The van der Waals surface area contributed by atoms with Gasteiger partial charge >= 0.3 is 5.97 Å². The van der Waals surface area contributed by atoms with Crippen molar-refractivity contribution in [3.8, 4) is 5.75 Å². The van der Waals surface area contributed by atoms with Gasteiger partial charge in [0.05, 0.1) is 17.5 Å². The van der Waals surface area contributed by atoms with E-state index < -0.39 is 11.8 Å². The minimum Gasteiger partial charge on any atom is -0.492 e. The molecule has 2 aromatic carbocycles. The van der Waals surface area contributed by atoms with Crippen LogP contribution in [0.5, 0.6) is 5.75 Å². The van der Waals surface area contributed by atoms with E-state index in [1.165, 1.54) is 16.7 Å². The van der Waals surface area contributed by atoms with Crippen LogP contribution >= 0.6 is 0 Å². The number of ether oxygens (including phenoxy) is 1. The highest BCUT2D eigenvalue weighted by Crippen LogP contribution is 2.44. The lowest BCUT2D eigenvalue weighted by molar-refractivity contribution is -0.113. The second kappa shape index (κ2) is 7.80. The van der Waals surface area contributed by atoms with Crippen LogP contribution in [0.4, 0.5) is 4.39 Å². The Morgan fingerprint density at radius 2 is 2.03 bits per heavy atom. The van der Waals surface area contributed by atoms with Crippen molar-refractivity contribution in [1.82, 2.24) is 9.55 Å². The molecule has 0 unspecified atom stereocenters. The quantitative estimate of drug-likeness (QED) is 0.465. The summed E-state index contributed by atoms with van der Waals surface area (Å²) in [6.07, 6.45) is 5.50. The Balaban J connectivity index is 1.72. The van der Waals surface area contributed by atoms with Gasteiger partial charge in [0.25, 0.3) is 0 Å². The van der Waals surface area contributed by atoms with Crippen LogP contribution in [0.15, 0.2) is 59.4 Å². The van der Waals surface area contributed by atoms with E-state index in [1.807, 2.05) is 12.1 Å². The minimum absolute atomic E-state index is 0.0158. The first-order valence-electron chi connectivity index (χ1n) is 11.2. The van der Waals surface area contributed by atoms with Crippen molar-refractivity contribution in [3.63, 3.8) is 0 Å². The number of carbonyl (C=O) groups is 2. The number of pyridine rings is 1. The number of carboxylic acid groups (broad SMARTS) is 1. The fourth-order valence-electron chi connectivity index (χ4n) is 5.12. The molecule has 8 heteroatoms. The summed E-state index contributed by atoms with van der Waals surface area (Å²) >= 11 is 0. The Bertz CT molecular complexity index is 1710. The Hall–Kier alpha value is -4.46. The number of benzene rings is 2. The molecule has 174 valence electrons. The molecule has 2 N–H and O–H groups in total. The molecular weight excluding hydrogens is 451 g/mol. The van der Waals surface area contributed by atoms with Gasteiger partial charge in [-0.2, -0.15) is 0 Å². The van der Waals surface area contributed by atoms with Gasteiger partial charge in [0.2, 0.25) is 5.56 Å². The normalized spacial score (nSPS) is 14.9. The number of nitrogens with zero attached hydrogens (tertiary/aromatic N) is 1. The van der Waals surface area contributed by atoms with Crippen molar-refractivity contribution in [1.29, 1.82) is 0 Å². The van der Waals surface area contributed by atoms with E-state index in [0.717, 1.165) is 5.39 Å². The van der Waals surface area contributed by atoms with E-state index in [1.54, 1.807) is 30.4 Å². The second-order valence-corrected chi connectivity index (χ2v) is 8.61. The number of aromatic nitrogens is 2. The summed E-state index contributed by atoms with van der Waals surface area (Å²) in [7, 11) is 0. The highest BCUT2D eigenvalue weighted by atomic mass is 19.1. The average molecular weight is 470 g/mol. The van der Waals surface area contributed by atoms with Crippen LogP contribution in [0.3, 0.4) is 0 Å². The third-order valence-corrected chi connectivity index (χ3v) is 6.59. The van der Waals surface area contributed by atoms with E-state index in [0.29, 0.717) is 34.0 Å². The third kappa shape index (κ3) is 3.21. The molecule has 0 atom stereocenters. The smallest absolute Gasteiger partial charge is 0.353 e. The van der Waals surface area contributed by atoms with Crippen molar-refractivity contribution in [2.45, 2.75) is 19.4 Å². The summed E-state index contributed by atoms with van der Waals surface area (Å²) in [4.78, 5) is 40.7. The zero-order valence-electron chi connectivity index (χ0n) is 18.4. The zero-order chi connectivity index (χ0) is 24.3. The van der Waals surface area contributed by atoms with E-state index in [4.69, 9.17) is 4.74 Å². The predicted octanol–water partition coefficient (Wildman–Crippen LogP) is 4.22. The maximum atomic E-state index is 15.1. The number of Topliss-reactive ketones (excluding diaryl/α,β-unsaturated/α-hetero) is 1. The van der Waals surface area contributed by atoms with Crippen molar-refractivity contribution in [2.24, 2.45) is 0 Å². The summed E-state index contributed by atoms with van der Waals surface area (Å²) in [5.74, 6) is -1.71. The standard InChI is InChI=1S/C27H19FN2O5/c28-18-12-20-24(26-16(18)9-10-35-26)23(17-6-2-4-8-21(17)31)25(27(33)34)30(20)13-14-11-22(32)29-19-7-3-1-5-15(14)19/h1-7,11-12H,8-10,13H2,(H,29,32)(H,33,34). The number of allylic oxidation sites excluding steroid dienone is 4. The van der Waals surface area contributed by atoms with E-state index in [-0.39, 0.29) is 53.5 Å². The molecule has 4 aromatic rings. The molecule has 35 heavy (non-hydrogen) atoms. The summed E-state index contributed by atoms with van der Waals surface area (Å²) in [6.45, 7) is 0.252. The van der Waals surface area contributed by atoms with Gasteiger partial charge in [0, 0.05) is 53.1 Å². The van der Waals surface area contributed by atoms with Gasteiger partial charge in [-0.05, 0) is 17.7 Å². The first-order valence-corrected chi connectivity index (χ1v) is 11.2. The number of carbonyl (C=O) groups excluding carboxylic acids is 1. The van der Waals surface area contributed by atoms with Crippen molar-refractivity contribution < 1.29 is 23.8 Å². The van der Waals surface area contributed by atoms with Crippen LogP contribution in [-0.2, 0) is 17.8 Å². The molecule has 0 bridgehead atoms. The highest BCUT2D eigenvalue weighted by Gasteiger charge is 2.33. The molecule has 0 fully saturated rings. The van der Waals surface area contributed by atoms with Crippen LogP contribution in [0.2, 0.25) is 0 Å². The summed E-state index contributed by atoms with van der Waals surface area (Å²) in [5, 5.41) is 11.5. The zero-order valence-corrected chi connectivity index (χ0v) is 18.4. The number of carboxylic acids is 1. The number of hydrogen-bond acceptors (Lipinski definition) is 4. The Morgan fingerprint density at radius 1 is 1.20 bits per heavy atom. The number of fused-ring (bicyclic) bond motifs is 4. The summed E-state index contributed by atoms with van der Waals surface area (Å²) < 4.78 is 22.4. The van der Waals surface area contributed by atoms with Gasteiger partial charge in [-0.3, -0.25) is 9.59 Å². The molecule has 0 saturated carbocycles. The monoisotopic (exact) mass is 470 g/mol. The van der Waals surface area contributed by atoms with Gasteiger partial charge in [-0.15, -0.1) is 0 Å². The van der Waals surface area contributed by atoms with Crippen LogP contribution in [0.25, 0.3) is 27.4 Å². The van der Waals surface area contributed by atoms with Crippen molar-refractivity contribution in [2.75, 3.05) is 6.61 Å². The van der Waals surface area contributed by atoms with Crippen LogP contribution in [0.1, 0.15) is 33.6 Å². The third-order valence-electron chi connectivity index (χ3n) is 6.59. The van der Waals surface area contributed by atoms with E-state index >= 15 is 4.39 Å². The summed E-state index contributed by atoms with van der Waals surface area (Å²) in [6, 6.07) is 9.91.